The van der Waals surface area contributed by atoms with Crippen molar-refractivity contribution in [3.05, 3.63) is 59.7 Å². The summed E-state index contributed by atoms with van der Waals surface area (Å²) in [7, 11) is -3.29. The van der Waals surface area contributed by atoms with Gasteiger partial charge in [0.15, 0.2) is 31.3 Å². The Hall–Kier alpha value is -2.01. The molecule has 0 amide bonds. The molecule has 0 unspecified atom stereocenters. The summed E-state index contributed by atoms with van der Waals surface area (Å²) in [6.07, 6.45) is 10.7. The highest BCUT2D eigenvalue weighted by Gasteiger charge is 2.39. The van der Waals surface area contributed by atoms with E-state index < -0.39 is 7.60 Å². The van der Waals surface area contributed by atoms with Crippen molar-refractivity contribution in [2.45, 2.75) is 66.0 Å². The third kappa shape index (κ3) is 5.87. The van der Waals surface area contributed by atoms with Crippen LogP contribution in [0.25, 0.3) is 21.9 Å². The fourth-order valence-electron chi connectivity index (χ4n) is 5.51. The molecule has 0 saturated carbocycles. The van der Waals surface area contributed by atoms with Crippen molar-refractivity contribution < 1.29 is 31.8 Å². The lowest BCUT2D eigenvalue weighted by atomic mass is 9.80. The SMILES string of the molecule is CCOP(=O)(CCC[n+]1ccc2c3c(cc(C)c2c1)-c1cc[n+](CCCOP=O)cc1C3(C)C)OCC. The molecule has 0 N–H and O–H groups in total. The van der Waals surface area contributed by atoms with Gasteiger partial charge in [0, 0.05) is 41.3 Å². The second-order valence-corrected chi connectivity index (χ2v) is 12.6. The summed E-state index contributed by atoms with van der Waals surface area (Å²) in [6, 6.07) is 6.77. The van der Waals surface area contributed by atoms with Crippen molar-refractivity contribution >= 4 is 27.1 Å². The van der Waals surface area contributed by atoms with E-state index in [-0.39, 0.29) is 14.1 Å². The molecular formula is C28H38N2O5P2+2. The average Bonchev–Trinajstić information content (AvgIpc) is 3.08. The molecule has 3 aromatic rings. The minimum Gasteiger partial charge on any atom is -0.309 e. The van der Waals surface area contributed by atoms with Crippen molar-refractivity contribution in [3.63, 3.8) is 0 Å². The van der Waals surface area contributed by atoms with Gasteiger partial charge in [-0.3, -0.25) is 9.09 Å². The number of nitrogens with zero attached hydrogens (tertiary/aromatic N) is 2. The summed E-state index contributed by atoms with van der Waals surface area (Å²) in [5.74, 6) is 0. The zero-order valence-electron chi connectivity index (χ0n) is 22.5. The molecule has 0 bridgehead atoms. The maximum absolute atomic E-state index is 12.8. The molecule has 4 rings (SSSR count). The van der Waals surface area contributed by atoms with E-state index in [1.165, 1.54) is 38.6 Å². The second-order valence-electron chi connectivity index (χ2n) is 10.0. The molecule has 0 atom stereocenters. The van der Waals surface area contributed by atoms with E-state index in [2.05, 4.69) is 72.9 Å². The van der Waals surface area contributed by atoms with Crippen LogP contribution in [0.3, 0.4) is 0 Å². The number of rotatable bonds is 13. The van der Waals surface area contributed by atoms with Gasteiger partial charge in [0.25, 0.3) is 0 Å². The molecule has 7 nitrogen and oxygen atoms in total. The number of hydrogen-bond donors (Lipinski definition) is 0. The average molecular weight is 545 g/mol. The Balaban J connectivity index is 1.60. The zero-order chi connectivity index (χ0) is 26.6. The van der Waals surface area contributed by atoms with Gasteiger partial charge in [0.05, 0.1) is 26.0 Å². The molecule has 0 aliphatic heterocycles. The Morgan fingerprint density at radius 1 is 0.946 bits per heavy atom. The lowest BCUT2D eigenvalue weighted by Gasteiger charge is -2.22. The van der Waals surface area contributed by atoms with Crippen LogP contribution in [0.5, 0.6) is 0 Å². The van der Waals surface area contributed by atoms with Gasteiger partial charge < -0.3 is 9.05 Å². The van der Waals surface area contributed by atoms with Gasteiger partial charge >= 0.3 is 16.3 Å². The topological polar surface area (TPSA) is 69.6 Å². The Morgan fingerprint density at radius 3 is 2.32 bits per heavy atom. The van der Waals surface area contributed by atoms with Crippen molar-refractivity contribution in [1.29, 1.82) is 0 Å². The first kappa shape index (κ1) is 28.0. The van der Waals surface area contributed by atoms with Gasteiger partial charge in [0.2, 0.25) is 0 Å². The molecule has 1 aliphatic rings. The first-order valence-electron chi connectivity index (χ1n) is 13.1. The fraction of sp³-hybridized carbons (Fsp3) is 0.500. The number of fused-ring (bicyclic) bond motifs is 5. The quantitative estimate of drug-likeness (QED) is 0.144. The van der Waals surface area contributed by atoms with Crippen molar-refractivity contribution in [1.82, 2.24) is 0 Å². The van der Waals surface area contributed by atoms with E-state index in [0.717, 1.165) is 19.5 Å². The third-order valence-corrected chi connectivity index (χ3v) is 9.61. The smallest absolute Gasteiger partial charge is 0.309 e. The van der Waals surface area contributed by atoms with Gasteiger partial charge in [-0.05, 0) is 48.4 Å². The van der Waals surface area contributed by atoms with E-state index in [9.17, 15) is 9.13 Å². The maximum atomic E-state index is 12.8. The number of aromatic nitrogens is 2. The van der Waals surface area contributed by atoms with Crippen LogP contribution in [0.15, 0.2) is 43.0 Å². The lowest BCUT2D eigenvalue weighted by molar-refractivity contribution is -0.697. The fourth-order valence-corrected chi connectivity index (χ4v) is 7.36. The molecule has 0 saturated heterocycles. The predicted molar refractivity (Wildman–Crippen MR) is 145 cm³/mol. The van der Waals surface area contributed by atoms with Crippen LogP contribution in [-0.4, -0.2) is 26.0 Å². The first-order valence-corrected chi connectivity index (χ1v) is 15.5. The standard InChI is InChI=1S/C28H38N2O5P2/c1-6-34-37(32,35-7-2)17-9-13-29-15-11-23-25(19-29)21(3)18-24-22-10-14-30(12-8-16-33-36-31)20-26(22)28(4,5)27(23)24/h10-11,14-15,18-20H,6-9,12-13,16-17H2,1-5H3/q+2. The highest BCUT2D eigenvalue weighted by molar-refractivity contribution is 7.53. The highest BCUT2D eigenvalue weighted by Crippen LogP contribution is 2.51. The summed E-state index contributed by atoms with van der Waals surface area (Å²) in [6.45, 7) is 13.3. The number of benzene rings is 1. The van der Waals surface area contributed by atoms with E-state index >= 15 is 0 Å². The number of pyridine rings is 2. The monoisotopic (exact) mass is 544 g/mol. The summed E-state index contributed by atoms with van der Waals surface area (Å²) in [5.41, 5.74) is 6.37. The van der Waals surface area contributed by atoms with E-state index in [1.54, 1.807) is 0 Å². The number of hydrogen-bond acceptors (Lipinski definition) is 5. The minimum absolute atomic E-state index is 0.141. The summed E-state index contributed by atoms with van der Waals surface area (Å²) in [4.78, 5) is 0. The lowest BCUT2D eigenvalue weighted by Crippen LogP contribution is -2.35. The Bertz CT molecular complexity index is 1330. The first-order chi connectivity index (χ1) is 17.7. The Kier molecular flexibility index (Phi) is 8.93. The molecule has 0 radical (unpaired) electrons. The Morgan fingerprint density at radius 2 is 1.62 bits per heavy atom. The second kappa shape index (κ2) is 11.8. The van der Waals surface area contributed by atoms with Crippen LogP contribution in [0.1, 0.15) is 57.2 Å². The van der Waals surface area contributed by atoms with Gasteiger partial charge in [-0.1, -0.05) is 19.9 Å². The molecule has 37 heavy (non-hydrogen) atoms. The van der Waals surface area contributed by atoms with Crippen LogP contribution < -0.4 is 9.13 Å². The molecule has 9 heteroatoms. The molecule has 1 aromatic carbocycles. The molecule has 1 aliphatic carbocycles. The van der Waals surface area contributed by atoms with Crippen LogP contribution >= 0.6 is 16.3 Å². The molecular weight excluding hydrogens is 506 g/mol. The summed E-state index contributed by atoms with van der Waals surface area (Å²) >= 11 is 0. The molecule has 0 spiro atoms. The highest BCUT2D eigenvalue weighted by atomic mass is 31.2. The maximum Gasteiger partial charge on any atom is 0.330 e. The van der Waals surface area contributed by atoms with E-state index in [0.29, 0.717) is 32.4 Å². The number of aryl methyl sites for hydroxylation is 3. The minimum atomic E-state index is -3.03. The van der Waals surface area contributed by atoms with E-state index in [4.69, 9.17) is 13.6 Å². The Labute approximate surface area is 221 Å². The summed E-state index contributed by atoms with van der Waals surface area (Å²) in [5, 5.41) is 2.51. The van der Waals surface area contributed by atoms with Gasteiger partial charge in [0.1, 0.15) is 6.54 Å². The van der Waals surface area contributed by atoms with Gasteiger partial charge in [-0.2, -0.15) is 0 Å². The van der Waals surface area contributed by atoms with E-state index in [1.807, 2.05) is 13.8 Å². The van der Waals surface area contributed by atoms with Crippen molar-refractivity contribution in [3.8, 4) is 11.1 Å². The molecule has 2 heterocycles. The third-order valence-electron chi connectivity index (χ3n) is 7.15. The predicted octanol–water partition coefficient (Wildman–Crippen LogP) is 6.30. The van der Waals surface area contributed by atoms with Crippen LogP contribution in [-0.2, 0) is 41.2 Å². The van der Waals surface area contributed by atoms with Crippen molar-refractivity contribution in [2.24, 2.45) is 0 Å². The van der Waals surface area contributed by atoms with Crippen LogP contribution in [0, 0.1) is 6.92 Å². The molecule has 2 aromatic heterocycles. The van der Waals surface area contributed by atoms with Gasteiger partial charge in [-0.15, -0.1) is 0 Å². The molecule has 198 valence electrons. The normalized spacial score (nSPS) is 14.3. The summed E-state index contributed by atoms with van der Waals surface area (Å²) < 4.78 is 43.5. The zero-order valence-corrected chi connectivity index (χ0v) is 24.3. The largest absolute Gasteiger partial charge is 0.330 e. The van der Waals surface area contributed by atoms with Crippen LogP contribution in [0.2, 0.25) is 0 Å². The molecule has 0 fully saturated rings. The van der Waals surface area contributed by atoms with Crippen LogP contribution in [0.4, 0.5) is 0 Å². The van der Waals surface area contributed by atoms with Crippen molar-refractivity contribution in [2.75, 3.05) is 26.0 Å². The van der Waals surface area contributed by atoms with Gasteiger partial charge in [-0.25, -0.2) is 13.7 Å².